The molecular weight excluding hydrogens is 327 g/mol. The number of methoxy groups -OCH3 is 1. The first-order chi connectivity index (χ1) is 9.61. The van der Waals surface area contributed by atoms with Gasteiger partial charge in [-0.15, -0.1) is 0 Å². The SMILES string of the molecule is COCCN1CCC(NC(=O)c2c(F)cccc2Br)C1. The van der Waals surface area contributed by atoms with Gasteiger partial charge in [0.2, 0.25) is 0 Å². The molecule has 4 nitrogen and oxygen atoms in total. The molecule has 1 aliphatic rings. The molecule has 1 unspecified atom stereocenters. The molecule has 0 aromatic heterocycles. The van der Waals surface area contributed by atoms with Gasteiger partial charge in [-0.2, -0.15) is 0 Å². The van der Waals surface area contributed by atoms with Crippen LogP contribution in [0.2, 0.25) is 0 Å². The smallest absolute Gasteiger partial charge is 0.255 e. The molecule has 6 heteroatoms. The summed E-state index contributed by atoms with van der Waals surface area (Å²) in [5, 5.41) is 2.89. The van der Waals surface area contributed by atoms with Crippen LogP contribution in [-0.2, 0) is 4.74 Å². The zero-order chi connectivity index (χ0) is 14.5. The van der Waals surface area contributed by atoms with E-state index in [1.54, 1.807) is 19.2 Å². The molecule has 1 amide bonds. The summed E-state index contributed by atoms with van der Waals surface area (Å²) in [5.41, 5.74) is 0.0721. The van der Waals surface area contributed by atoms with E-state index < -0.39 is 5.82 Å². The number of carbonyl (C=O) groups is 1. The lowest BCUT2D eigenvalue weighted by Gasteiger charge is -2.16. The van der Waals surface area contributed by atoms with E-state index in [2.05, 4.69) is 26.1 Å². The summed E-state index contributed by atoms with van der Waals surface area (Å²) in [6, 6.07) is 4.58. The predicted molar refractivity (Wildman–Crippen MR) is 78.3 cm³/mol. The van der Waals surface area contributed by atoms with Crippen molar-refractivity contribution in [2.45, 2.75) is 12.5 Å². The van der Waals surface area contributed by atoms with Crippen molar-refractivity contribution < 1.29 is 13.9 Å². The maximum absolute atomic E-state index is 13.7. The van der Waals surface area contributed by atoms with Crippen molar-refractivity contribution in [3.8, 4) is 0 Å². The molecule has 1 saturated heterocycles. The monoisotopic (exact) mass is 344 g/mol. The van der Waals surface area contributed by atoms with Gasteiger partial charge < -0.3 is 10.1 Å². The first kappa shape index (κ1) is 15.4. The molecule has 0 radical (unpaired) electrons. The summed E-state index contributed by atoms with van der Waals surface area (Å²) in [4.78, 5) is 14.4. The Labute approximate surface area is 126 Å². The van der Waals surface area contributed by atoms with Crippen molar-refractivity contribution in [2.75, 3.05) is 33.4 Å². The summed E-state index contributed by atoms with van der Waals surface area (Å²) >= 11 is 3.22. The highest BCUT2D eigenvalue weighted by atomic mass is 79.9. The van der Waals surface area contributed by atoms with Gasteiger partial charge in [-0.3, -0.25) is 9.69 Å². The van der Waals surface area contributed by atoms with E-state index in [-0.39, 0.29) is 17.5 Å². The van der Waals surface area contributed by atoms with E-state index in [0.29, 0.717) is 11.1 Å². The second-order valence-electron chi connectivity index (χ2n) is 4.85. The van der Waals surface area contributed by atoms with Crippen molar-refractivity contribution in [2.24, 2.45) is 0 Å². The number of carbonyl (C=O) groups excluding carboxylic acids is 1. The number of likely N-dealkylation sites (tertiary alicyclic amines) is 1. The molecule has 1 N–H and O–H groups in total. The van der Waals surface area contributed by atoms with Gasteiger partial charge in [0.05, 0.1) is 12.2 Å². The highest BCUT2D eigenvalue weighted by molar-refractivity contribution is 9.10. The van der Waals surface area contributed by atoms with Crippen LogP contribution in [-0.4, -0.2) is 50.2 Å². The fraction of sp³-hybridized carbons (Fsp3) is 0.500. The van der Waals surface area contributed by atoms with Crippen LogP contribution in [0.3, 0.4) is 0 Å². The highest BCUT2D eigenvalue weighted by Gasteiger charge is 2.25. The van der Waals surface area contributed by atoms with Gasteiger partial charge in [0.1, 0.15) is 5.82 Å². The fourth-order valence-corrected chi connectivity index (χ4v) is 2.87. The molecule has 1 aromatic carbocycles. The number of nitrogens with zero attached hydrogens (tertiary/aromatic N) is 1. The molecule has 1 fully saturated rings. The zero-order valence-electron chi connectivity index (χ0n) is 11.4. The Kier molecular flexibility index (Phi) is 5.51. The Morgan fingerprint density at radius 3 is 3.10 bits per heavy atom. The molecule has 2 rings (SSSR count). The van der Waals surface area contributed by atoms with Gasteiger partial charge >= 0.3 is 0 Å². The normalized spacial score (nSPS) is 19.2. The Bertz CT molecular complexity index is 464. The highest BCUT2D eigenvalue weighted by Crippen LogP contribution is 2.20. The third-order valence-corrected chi connectivity index (χ3v) is 4.07. The molecule has 0 aliphatic carbocycles. The fourth-order valence-electron chi connectivity index (χ4n) is 2.35. The maximum atomic E-state index is 13.7. The summed E-state index contributed by atoms with van der Waals surface area (Å²) in [5.74, 6) is -0.875. The summed E-state index contributed by atoms with van der Waals surface area (Å²) in [7, 11) is 1.67. The lowest BCUT2D eigenvalue weighted by Crippen LogP contribution is -2.38. The molecular formula is C14H18BrFN2O2. The molecule has 110 valence electrons. The first-order valence-electron chi connectivity index (χ1n) is 6.58. The van der Waals surface area contributed by atoms with Crippen molar-refractivity contribution in [3.63, 3.8) is 0 Å². The van der Waals surface area contributed by atoms with E-state index in [4.69, 9.17) is 4.74 Å². The average molecular weight is 345 g/mol. The van der Waals surface area contributed by atoms with Gasteiger partial charge in [0.15, 0.2) is 0 Å². The van der Waals surface area contributed by atoms with E-state index >= 15 is 0 Å². The standard InChI is InChI=1S/C14H18BrFN2O2/c1-20-8-7-18-6-5-10(9-18)17-14(19)13-11(15)3-2-4-12(13)16/h2-4,10H,5-9H2,1H3,(H,17,19). The molecule has 0 spiro atoms. The van der Waals surface area contributed by atoms with Gasteiger partial charge in [0, 0.05) is 37.3 Å². The Morgan fingerprint density at radius 1 is 1.60 bits per heavy atom. The number of amides is 1. The van der Waals surface area contributed by atoms with Crippen LogP contribution in [0.1, 0.15) is 16.8 Å². The second kappa shape index (κ2) is 7.15. The van der Waals surface area contributed by atoms with Crippen molar-refractivity contribution in [1.29, 1.82) is 0 Å². The lowest BCUT2D eigenvalue weighted by molar-refractivity contribution is 0.0931. The van der Waals surface area contributed by atoms with Gasteiger partial charge in [-0.25, -0.2) is 4.39 Å². The predicted octanol–water partition coefficient (Wildman–Crippen LogP) is 2.04. The number of benzene rings is 1. The number of nitrogens with one attached hydrogen (secondary N) is 1. The molecule has 0 saturated carbocycles. The minimum atomic E-state index is -0.508. The number of ether oxygens (including phenoxy) is 1. The number of hydrogen-bond acceptors (Lipinski definition) is 3. The number of hydrogen-bond donors (Lipinski definition) is 1. The maximum Gasteiger partial charge on any atom is 0.255 e. The van der Waals surface area contributed by atoms with Crippen LogP contribution in [0.4, 0.5) is 4.39 Å². The average Bonchev–Trinajstić information content (AvgIpc) is 2.83. The van der Waals surface area contributed by atoms with Crippen LogP contribution in [0.25, 0.3) is 0 Å². The number of halogens is 2. The number of rotatable bonds is 5. The van der Waals surface area contributed by atoms with Crippen molar-refractivity contribution in [3.05, 3.63) is 34.1 Å². The van der Waals surface area contributed by atoms with Gasteiger partial charge in [-0.05, 0) is 34.5 Å². The molecule has 1 aromatic rings. The Hall–Kier alpha value is -0.980. The van der Waals surface area contributed by atoms with E-state index in [9.17, 15) is 9.18 Å². The lowest BCUT2D eigenvalue weighted by atomic mass is 10.1. The van der Waals surface area contributed by atoms with Crippen LogP contribution in [0, 0.1) is 5.82 Å². The summed E-state index contributed by atoms with van der Waals surface area (Å²) < 4.78 is 19.2. The zero-order valence-corrected chi connectivity index (χ0v) is 13.0. The Morgan fingerprint density at radius 2 is 2.40 bits per heavy atom. The van der Waals surface area contributed by atoms with Gasteiger partial charge in [-0.1, -0.05) is 6.07 Å². The minimum absolute atomic E-state index is 0.0610. The largest absolute Gasteiger partial charge is 0.383 e. The van der Waals surface area contributed by atoms with Crippen molar-refractivity contribution >= 4 is 21.8 Å². The molecule has 0 bridgehead atoms. The summed E-state index contributed by atoms with van der Waals surface area (Å²) in [6.45, 7) is 3.24. The topological polar surface area (TPSA) is 41.6 Å². The first-order valence-corrected chi connectivity index (χ1v) is 7.37. The molecule has 1 aliphatic heterocycles. The van der Waals surface area contributed by atoms with Crippen LogP contribution in [0.5, 0.6) is 0 Å². The van der Waals surface area contributed by atoms with Crippen molar-refractivity contribution in [1.82, 2.24) is 10.2 Å². The van der Waals surface area contributed by atoms with Crippen LogP contribution >= 0.6 is 15.9 Å². The Balaban J connectivity index is 1.93. The third kappa shape index (κ3) is 3.77. The quantitative estimate of drug-likeness (QED) is 0.888. The van der Waals surface area contributed by atoms with E-state index in [1.807, 2.05) is 0 Å². The van der Waals surface area contributed by atoms with E-state index in [1.165, 1.54) is 6.07 Å². The summed E-state index contributed by atoms with van der Waals surface area (Å²) in [6.07, 6.45) is 0.877. The van der Waals surface area contributed by atoms with Crippen LogP contribution < -0.4 is 5.32 Å². The third-order valence-electron chi connectivity index (χ3n) is 3.41. The molecule has 1 heterocycles. The second-order valence-corrected chi connectivity index (χ2v) is 5.70. The van der Waals surface area contributed by atoms with Crippen LogP contribution in [0.15, 0.2) is 22.7 Å². The van der Waals surface area contributed by atoms with Gasteiger partial charge in [0.25, 0.3) is 5.91 Å². The molecule has 1 atom stereocenters. The molecule has 20 heavy (non-hydrogen) atoms. The van der Waals surface area contributed by atoms with E-state index in [0.717, 1.165) is 26.1 Å². The minimum Gasteiger partial charge on any atom is -0.383 e.